The third-order valence-electron chi connectivity index (χ3n) is 6.60. The maximum atomic E-state index is 13.4. The predicted molar refractivity (Wildman–Crippen MR) is 117 cm³/mol. The summed E-state index contributed by atoms with van der Waals surface area (Å²) in [7, 11) is 0. The molecule has 0 aromatic heterocycles. The third kappa shape index (κ3) is 2.36. The van der Waals surface area contributed by atoms with Gasteiger partial charge >= 0.3 is 0 Å². The van der Waals surface area contributed by atoms with E-state index in [1.165, 1.54) is 22.3 Å². The molecule has 5 heteroatoms. The zero-order valence-corrected chi connectivity index (χ0v) is 17.5. The summed E-state index contributed by atoms with van der Waals surface area (Å²) in [5.74, 6) is -1.39. The number of hydrazone groups is 1. The van der Waals surface area contributed by atoms with Crippen LogP contribution in [-0.4, -0.2) is 23.0 Å². The first-order valence-electron chi connectivity index (χ1n) is 10.00. The summed E-state index contributed by atoms with van der Waals surface area (Å²) in [5.41, 5.74) is 5.50. The molecule has 3 aliphatic carbocycles. The maximum absolute atomic E-state index is 13.4. The summed E-state index contributed by atoms with van der Waals surface area (Å²) < 4.78 is 0.920. The molecule has 3 aromatic rings. The summed E-state index contributed by atoms with van der Waals surface area (Å²) in [4.78, 5) is 26.9. The lowest BCUT2D eigenvalue weighted by molar-refractivity contribution is -0.139. The Kier molecular flexibility index (Phi) is 3.84. The average molecular weight is 457 g/mol. The Hall–Kier alpha value is -3.05. The molecule has 2 atom stereocenters. The van der Waals surface area contributed by atoms with Gasteiger partial charge < -0.3 is 0 Å². The van der Waals surface area contributed by atoms with E-state index in [1.54, 1.807) is 6.21 Å². The van der Waals surface area contributed by atoms with E-state index >= 15 is 0 Å². The van der Waals surface area contributed by atoms with Gasteiger partial charge in [-0.05, 0) is 39.9 Å². The van der Waals surface area contributed by atoms with Crippen LogP contribution in [0.15, 0.2) is 82.4 Å². The van der Waals surface area contributed by atoms with Crippen LogP contribution < -0.4 is 0 Å². The summed E-state index contributed by atoms with van der Waals surface area (Å²) in [6, 6.07) is 24.1. The van der Waals surface area contributed by atoms with Crippen molar-refractivity contribution in [3.05, 3.63) is 105 Å². The van der Waals surface area contributed by atoms with E-state index in [9.17, 15) is 9.59 Å². The van der Waals surface area contributed by atoms with Gasteiger partial charge in [-0.2, -0.15) is 10.1 Å². The minimum absolute atomic E-state index is 0.102. The van der Waals surface area contributed by atoms with E-state index in [2.05, 4.69) is 45.3 Å². The molecule has 0 unspecified atom stereocenters. The van der Waals surface area contributed by atoms with Gasteiger partial charge in [0, 0.05) is 16.3 Å². The fourth-order valence-corrected chi connectivity index (χ4v) is 5.90. The quantitative estimate of drug-likeness (QED) is 0.415. The molecule has 0 saturated carbocycles. The van der Waals surface area contributed by atoms with Crippen molar-refractivity contribution in [2.75, 3.05) is 0 Å². The third-order valence-corrected chi connectivity index (χ3v) is 7.09. The van der Waals surface area contributed by atoms with Gasteiger partial charge in [-0.1, -0.05) is 76.6 Å². The largest absolute Gasteiger partial charge is 0.272 e. The van der Waals surface area contributed by atoms with Crippen LogP contribution in [0.5, 0.6) is 0 Å². The number of carbonyl (C=O) groups is 2. The summed E-state index contributed by atoms with van der Waals surface area (Å²) in [6.07, 6.45) is 1.58. The average Bonchev–Trinajstić information content (AvgIpc) is 3.03. The van der Waals surface area contributed by atoms with Crippen molar-refractivity contribution < 1.29 is 9.59 Å². The Balaban J connectivity index is 1.46. The van der Waals surface area contributed by atoms with Crippen LogP contribution in [-0.2, 0) is 9.59 Å². The highest BCUT2D eigenvalue weighted by Crippen LogP contribution is 2.60. The summed E-state index contributed by atoms with van der Waals surface area (Å²) in [5, 5.41) is 5.44. The van der Waals surface area contributed by atoms with Crippen molar-refractivity contribution in [2.24, 2.45) is 16.9 Å². The molecule has 0 N–H and O–H groups in total. The number of hydrogen-bond donors (Lipinski definition) is 0. The number of nitrogens with zero attached hydrogens (tertiary/aromatic N) is 2. The van der Waals surface area contributed by atoms with Crippen molar-refractivity contribution in [1.82, 2.24) is 5.01 Å². The molecule has 1 heterocycles. The Morgan fingerprint density at radius 2 is 1.23 bits per heavy atom. The van der Waals surface area contributed by atoms with Gasteiger partial charge in [0.2, 0.25) is 0 Å². The molecule has 4 nitrogen and oxygen atoms in total. The van der Waals surface area contributed by atoms with Crippen LogP contribution in [0.4, 0.5) is 0 Å². The zero-order valence-electron chi connectivity index (χ0n) is 15.9. The lowest BCUT2D eigenvalue weighted by atomic mass is 9.55. The molecule has 1 aliphatic heterocycles. The fourth-order valence-electron chi connectivity index (χ4n) is 5.49. The Morgan fingerprint density at radius 1 is 0.733 bits per heavy atom. The van der Waals surface area contributed by atoms with Gasteiger partial charge in [-0.25, -0.2) is 0 Å². The van der Waals surface area contributed by atoms with Crippen molar-refractivity contribution in [1.29, 1.82) is 0 Å². The van der Waals surface area contributed by atoms with Crippen molar-refractivity contribution in [2.45, 2.75) is 11.8 Å². The highest BCUT2D eigenvalue weighted by molar-refractivity contribution is 9.10. The molecule has 30 heavy (non-hydrogen) atoms. The first kappa shape index (κ1) is 17.8. The second-order valence-electron chi connectivity index (χ2n) is 8.05. The minimum Gasteiger partial charge on any atom is -0.272 e. The first-order valence-corrected chi connectivity index (χ1v) is 10.8. The van der Waals surface area contributed by atoms with Gasteiger partial charge in [0.25, 0.3) is 11.8 Å². The van der Waals surface area contributed by atoms with Gasteiger partial charge in [0.05, 0.1) is 18.1 Å². The second kappa shape index (κ2) is 6.47. The smallest absolute Gasteiger partial charge is 0.254 e. The van der Waals surface area contributed by atoms with Crippen LogP contribution in [0.2, 0.25) is 0 Å². The van der Waals surface area contributed by atoms with Crippen LogP contribution in [0.3, 0.4) is 0 Å². The minimum atomic E-state index is -0.396. The van der Waals surface area contributed by atoms with Crippen LogP contribution >= 0.6 is 15.9 Å². The van der Waals surface area contributed by atoms with Crippen molar-refractivity contribution in [3.63, 3.8) is 0 Å². The standard InChI is InChI=1S/C25H17BrN2O2/c26-15-7-5-6-14(12-15)13-27-28-24(29)22-20-16-8-1-2-9-17(16)21(23(22)25(28)30)19-11-4-3-10-18(19)20/h1-13,20-23H/b27-13-/t20?,21?,22-,23-/m1/s1. The SMILES string of the molecule is O=C1[C@@H]2C3c4ccccc4C(c4ccccc43)[C@H]2C(=O)N1/N=C\c1cccc(Br)c1. The monoisotopic (exact) mass is 456 g/mol. The topological polar surface area (TPSA) is 49.7 Å². The number of carbonyl (C=O) groups excluding carboxylic acids is 2. The molecular formula is C25H17BrN2O2. The van der Waals surface area contributed by atoms with E-state index in [-0.39, 0.29) is 23.7 Å². The highest BCUT2D eigenvalue weighted by atomic mass is 79.9. The Bertz CT molecular complexity index is 1140. The molecule has 2 amide bonds. The molecule has 0 spiro atoms. The van der Waals surface area contributed by atoms with E-state index in [4.69, 9.17) is 0 Å². The molecule has 0 radical (unpaired) electrons. The number of halogens is 1. The van der Waals surface area contributed by atoms with Crippen LogP contribution in [0.1, 0.15) is 39.7 Å². The number of imide groups is 1. The Morgan fingerprint density at radius 3 is 1.70 bits per heavy atom. The molecular weight excluding hydrogens is 440 g/mol. The van der Waals surface area contributed by atoms with Gasteiger partial charge in [-0.3, -0.25) is 9.59 Å². The molecule has 1 saturated heterocycles. The summed E-state index contributed by atoms with van der Waals surface area (Å²) in [6.45, 7) is 0. The van der Waals surface area contributed by atoms with E-state index < -0.39 is 11.8 Å². The van der Waals surface area contributed by atoms with Gasteiger partial charge in [0.1, 0.15) is 0 Å². The number of rotatable bonds is 2. The zero-order chi connectivity index (χ0) is 20.4. The molecule has 3 aromatic carbocycles. The Labute approximate surface area is 182 Å². The summed E-state index contributed by atoms with van der Waals surface area (Å²) >= 11 is 3.44. The highest BCUT2D eigenvalue weighted by Gasteiger charge is 2.61. The van der Waals surface area contributed by atoms with E-state index in [1.807, 2.05) is 48.5 Å². The van der Waals surface area contributed by atoms with Gasteiger partial charge in [-0.15, -0.1) is 0 Å². The number of benzene rings is 3. The second-order valence-corrected chi connectivity index (χ2v) is 8.97. The van der Waals surface area contributed by atoms with Crippen LogP contribution in [0.25, 0.3) is 0 Å². The normalized spacial score (nSPS) is 26.1. The maximum Gasteiger partial charge on any atom is 0.254 e. The molecule has 146 valence electrons. The van der Waals surface area contributed by atoms with Crippen molar-refractivity contribution in [3.8, 4) is 0 Å². The first-order chi connectivity index (χ1) is 14.6. The number of hydrogen-bond acceptors (Lipinski definition) is 3. The van der Waals surface area contributed by atoms with Crippen molar-refractivity contribution >= 4 is 34.0 Å². The fraction of sp³-hybridized carbons (Fsp3) is 0.160. The van der Waals surface area contributed by atoms with E-state index in [0.29, 0.717) is 0 Å². The lowest BCUT2D eigenvalue weighted by Crippen LogP contribution is -2.41. The van der Waals surface area contributed by atoms with Crippen LogP contribution in [0, 0.1) is 11.8 Å². The lowest BCUT2D eigenvalue weighted by Gasteiger charge is -2.45. The molecule has 2 bridgehead atoms. The molecule has 7 rings (SSSR count). The predicted octanol–water partition coefficient (Wildman–Crippen LogP) is 4.68. The molecule has 1 fully saturated rings. The van der Waals surface area contributed by atoms with E-state index in [0.717, 1.165) is 15.0 Å². The van der Waals surface area contributed by atoms with Gasteiger partial charge in [0.15, 0.2) is 0 Å². The number of amides is 2. The molecule has 4 aliphatic rings.